The molecule has 0 radical (unpaired) electrons. The van der Waals surface area contributed by atoms with E-state index in [1.807, 2.05) is 6.07 Å². The molecule has 1 aliphatic heterocycles. The molecule has 7 rings (SSSR count). The molecule has 0 unspecified atom stereocenters. The van der Waals surface area contributed by atoms with E-state index in [1.54, 1.807) is 0 Å². The van der Waals surface area contributed by atoms with Gasteiger partial charge in [-0.05, 0) is 34.7 Å². The lowest BCUT2D eigenvalue weighted by Gasteiger charge is -2.41. The Morgan fingerprint density at radius 2 is 1.17 bits per heavy atom. The zero-order chi connectivity index (χ0) is 24.3. The fourth-order valence-corrected chi connectivity index (χ4v) is 5.65. The summed E-state index contributed by atoms with van der Waals surface area (Å²) in [5, 5.41) is 3.37. The standard InChI is InChI=1S/C33H25N3/c1-33(2)26-16-8-10-18-28(26)36(29-19-11-9-17-27(29)33)32-34-30(23-13-4-3-5-14-23)25-21-20-22-12-6-7-15-24(22)31(25)35-32/h3-21H,1-2H3. The van der Waals surface area contributed by atoms with Crippen molar-refractivity contribution in [1.29, 1.82) is 0 Å². The second-order valence-electron chi connectivity index (χ2n) is 9.92. The highest BCUT2D eigenvalue weighted by atomic mass is 15.3. The number of para-hydroxylation sites is 2. The summed E-state index contributed by atoms with van der Waals surface area (Å²) in [5.74, 6) is 0.688. The van der Waals surface area contributed by atoms with Crippen LogP contribution in [0.1, 0.15) is 25.0 Å². The number of aromatic nitrogens is 2. The van der Waals surface area contributed by atoms with Crippen molar-refractivity contribution in [2.45, 2.75) is 19.3 Å². The van der Waals surface area contributed by atoms with Crippen molar-refractivity contribution in [3.63, 3.8) is 0 Å². The maximum atomic E-state index is 5.27. The highest BCUT2D eigenvalue weighted by molar-refractivity contribution is 6.09. The van der Waals surface area contributed by atoms with Crippen LogP contribution in [-0.2, 0) is 5.41 Å². The minimum atomic E-state index is -0.129. The molecule has 172 valence electrons. The molecule has 1 aromatic heterocycles. The highest BCUT2D eigenvalue weighted by Gasteiger charge is 2.37. The molecular weight excluding hydrogens is 438 g/mol. The Labute approximate surface area is 210 Å². The van der Waals surface area contributed by atoms with E-state index in [2.05, 4.69) is 128 Å². The van der Waals surface area contributed by atoms with Crippen molar-refractivity contribution in [2.75, 3.05) is 4.90 Å². The lowest BCUT2D eigenvalue weighted by molar-refractivity contribution is 0.631. The summed E-state index contributed by atoms with van der Waals surface area (Å²) >= 11 is 0. The molecule has 0 amide bonds. The number of rotatable bonds is 2. The number of anilines is 3. The molecule has 0 saturated carbocycles. The van der Waals surface area contributed by atoms with Crippen LogP contribution in [0.4, 0.5) is 17.3 Å². The number of nitrogens with zero attached hydrogens (tertiary/aromatic N) is 3. The van der Waals surface area contributed by atoms with Crippen molar-refractivity contribution >= 4 is 39.0 Å². The molecule has 0 bridgehead atoms. The topological polar surface area (TPSA) is 29.0 Å². The van der Waals surface area contributed by atoms with E-state index >= 15 is 0 Å². The number of fused-ring (bicyclic) bond motifs is 5. The van der Waals surface area contributed by atoms with Gasteiger partial charge in [0.25, 0.3) is 0 Å². The van der Waals surface area contributed by atoms with Crippen molar-refractivity contribution in [2.24, 2.45) is 0 Å². The number of benzene rings is 5. The van der Waals surface area contributed by atoms with E-state index < -0.39 is 0 Å². The first-order valence-electron chi connectivity index (χ1n) is 12.4. The van der Waals surface area contributed by atoms with Gasteiger partial charge in [0.2, 0.25) is 5.95 Å². The molecule has 0 spiro atoms. The molecule has 0 saturated heterocycles. The average Bonchev–Trinajstić information content (AvgIpc) is 2.93. The molecule has 0 fully saturated rings. The van der Waals surface area contributed by atoms with Gasteiger partial charge in [-0.1, -0.05) is 111 Å². The van der Waals surface area contributed by atoms with Crippen LogP contribution in [0.3, 0.4) is 0 Å². The monoisotopic (exact) mass is 463 g/mol. The molecule has 36 heavy (non-hydrogen) atoms. The lowest BCUT2D eigenvalue weighted by Crippen LogP contribution is -2.31. The van der Waals surface area contributed by atoms with Gasteiger partial charge in [-0.15, -0.1) is 0 Å². The van der Waals surface area contributed by atoms with Gasteiger partial charge in [-0.2, -0.15) is 0 Å². The van der Waals surface area contributed by atoms with Gasteiger partial charge in [0.15, 0.2) is 0 Å². The van der Waals surface area contributed by atoms with Crippen molar-refractivity contribution < 1.29 is 0 Å². The van der Waals surface area contributed by atoms with Gasteiger partial charge < -0.3 is 0 Å². The second-order valence-corrected chi connectivity index (χ2v) is 9.92. The first-order valence-corrected chi connectivity index (χ1v) is 12.4. The molecule has 3 heteroatoms. The molecule has 2 heterocycles. The third-order valence-corrected chi connectivity index (χ3v) is 7.46. The highest BCUT2D eigenvalue weighted by Crippen LogP contribution is 2.51. The molecule has 0 N–H and O–H groups in total. The van der Waals surface area contributed by atoms with E-state index in [0.717, 1.165) is 38.9 Å². The van der Waals surface area contributed by atoms with Crippen molar-refractivity contribution in [1.82, 2.24) is 9.97 Å². The zero-order valence-corrected chi connectivity index (χ0v) is 20.3. The van der Waals surface area contributed by atoms with Crippen LogP contribution in [0, 0.1) is 0 Å². The first-order chi connectivity index (χ1) is 17.6. The van der Waals surface area contributed by atoms with Crippen LogP contribution < -0.4 is 4.90 Å². The summed E-state index contributed by atoms with van der Waals surface area (Å²) < 4.78 is 0. The van der Waals surface area contributed by atoms with E-state index in [1.165, 1.54) is 16.5 Å². The van der Waals surface area contributed by atoms with Gasteiger partial charge >= 0.3 is 0 Å². The second kappa shape index (κ2) is 7.76. The summed E-state index contributed by atoms with van der Waals surface area (Å²) in [6, 6.07) is 40.5. The van der Waals surface area contributed by atoms with Crippen LogP contribution in [0.25, 0.3) is 32.9 Å². The van der Waals surface area contributed by atoms with E-state index in [4.69, 9.17) is 9.97 Å². The third kappa shape index (κ3) is 2.99. The quantitative estimate of drug-likeness (QED) is 0.241. The molecule has 5 aromatic carbocycles. The number of hydrogen-bond acceptors (Lipinski definition) is 3. The first kappa shape index (κ1) is 20.8. The minimum Gasteiger partial charge on any atom is -0.279 e. The lowest BCUT2D eigenvalue weighted by atomic mass is 9.74. The summed E-state index contributed by atoms with van der Waals surface area (Å²) in [4.78, 5) is 12.8. The maximum Gasteiger partial charge on any atom is 0.235 e. The van der Waals surface area contributed by atoms with Gasteiger partial charge in [-0.3, -0.25) is 4.90 Å². The summed E-state index contributed by atoms with van der Waals surface area (Å²) in [7, 11) is 0. The van der Waals surface area contributed by atoms with E-state index in [0.29, 0.717) is 5.95 Å². The fraction of sp³-hybridized carbons (Fsp3) is 0.0909. The Kier molecular flexibility index (Phi) is 4.49. The predicted molar refractivity (Wildman–Crippen MR) is 149 cm³/mol. The van der Waals surface area contributed by atoms with Crippen molar-refractivity contribution in [3.05, 3.63) is 126 Å². The molecular formula is C33H25N3. The van der Waals surface area contributed by atoms with Gasteiger partial charge in [0, 0.05) is 21.8 Å². The van der Waals surface area contributed by atoms with Crippen LogP contribution in [0.5, 0.6) is 0 Å². The Balaban J connectivity index is 1.60. The van der Waals surface area contributed by atoms with E-state index in [9.17, 15) is 0 Å². The molecule has 1 aliphatic rings. The van der Waals surface area contributed by atoms with Crippen LogP contribution in [-0.4, -0.2) is 9.97 Å². The van der Waals surface area contributed by atoms with Gasteiger partial charge in [-0.25, -0.2) is 9.97 Å². The molecule has 0 aliphatic carbocycles. The average molecular weight is 464 g/mol. The summed E-state index contributed by atoms with van der Waals surface area (Å²) in [6.07, 6.45) is 0. The Bertz CT molecular complexity index is 1720. The van der Waals surface area contributed by atoms with E-state index in [-0.39, 0.29) is 5.41 Å². The molecule has 6 aromatic rings. The zero-order valence-electron chi connectivity index (χ0n) is 20.3. The van der Waals surface area contributed by atoms with Crippen molar-refractivity contribution in [3.8, 4) is 11.3 Å². The summed E-state index contributed by atoms with van der Waals surface area (Å²) in [5.41, 5.74) is 7.66. The van der Waals surface area contributed by atoms with Crippen LogP contribution in [0.15, 0.2) is 115 Å². The summed E-state index contributed by atoms with van der Waals surface area (Å²) in [6.45, 7) is 4.60. The third-order valence-electron chi connectivity index (χ3n) is 7.46. The predicted octanol–water partition coefficient (Wildman–Crippen LogP) is 8.56. The Morgan fingerprint density at radius 3 is 1.89 bits per heavy atom. The molecule has 3 nitrogen and oxygen atoms in total. The Hall–Kier alpha value is -4.50. The maximum absolute atomic E-state index is 5.27. The normalized spacial score (nSPS) is 14.0. The van der Waals surface area contributed by atoms with Gasteiger partial charge in [0.05, 0.1) is 22.6 Å². The largest absolute Gasteiger partial charge is 0.279 e. The smallest absolute Gasteiger partial charge is 0.235 e. The Morgan fingerprint density at radius 1 is 0.556 bits per heavy atom. The van der Waals surface area contributed by atoms with Gasteiger partial charge in [0.1, 0.15) is 0 Å². The fourth-order valence-electron chi connectivity index (χ4n) is 5.65. The molecule has 0 atom stereocenters. The van der Waals surface area contributed by atoms with Crippen LogP contribution in [0.2, 0.25) is 0 Å². The minimum absolute atomic E-state index is 0.129. The van der Waals surface area contributed by atoms with Crippen LogP contribution >= 0.6 is 0 Å². The number of hydrogen-bond donors (Lipinski definition) is 0. The SMILES string of the molecule is CC1(C)c2ccccc2N(c2nc(-c3ccccc3)c3ccc4ccccc4c3n2)c2ccccc21.